The number of thioether (sulfide) groups is 1. The zero-order valence-electron chi connectivity index (χ0n) is 9.88. The molecule has 0 fully saturated rings. The average Bonchev–Trinajstić information content (AvgIpc) is 2.32. The van der Waals surface area contributed by atoms with E-state index in [0.717, 1.165) is 11.3 Å². The third-order valence-electron chi connectivity index (χ3n) is 2.82. The monoisotopic (exact) mass is 305 g/mol. The summed E-state index contributed by atoms with van der Waals surface area (Å²) in [6, 6.07) is 4.60. The Morgan fingerprint density at radius 2 is 2.11 bits per heavy atom. The van der Waals surface area contributed by atoms with Gasteiger partial charge in [-0.1, -0.05) is 6.92 Å². The molecule has 0 N–H and O–H groups in total. The van der Waals surface area contributed by atoms with Crippen molar-refractivity contribution in [3.8, 4) is 0 Å². The molecule has 1 aliphatic rings. The summed E-state index contributed by atoms with van der Waals surface area (Å²) in [7, 11) is 3.18. The Balaban J connectivity index is 2.52. The molecule has 1 aliphatic heterocycles. The van der Waals surface area contributed by atoms with Gasteiger partial charge in [0.05, 0.1) is 15.8 Å². The van der Waals surface area contributed by atoms with Gasteiger partial charge in [0.15, 0.2) is 0 Å². The lowest BCUT2D eigenvalue weighted by Crippen LogP contribution is -2.37. The molecule has 0 saturated carbocycles. The molecule has 7 heteroatoms. The van der Waals surface area contributed by atoms with Crippen LogP contribution in [0.25, 0.3) is 0 Å². The number of carbonyl (C=O) groups excluding carboxylic acids is 1. The van der Waals surface area contributed by atoms with E-state index in [1.807, 2.05) is 6.92 Å². The maximum absolute atomic E-state index is 12.0. The van der Waals surface area contributed by atoms with Gasteiger partial charge in [0.1, 0.15) is 0 Å². The third kappa shape index (κ3) is 2.37. The number of carbonyl (C=O) groups is 1. The second-order valence-corrected chi connectivity index (χ2v) is 7.79. The van der Waals surface area contributed by atoms with E-state index < -0.39 is 9.05 Å². The van der Waals surface area contributed by atoms with Crippen molar-refractivity contribution in [2.45, 2.75) is 28.4 Å². The van der Waals surface area contributed by atoms with E-state index >= 15 is 0 Å². The fraction of sp³-hybridized carbons (Fsp3) is 0.364. The molecule has 1 unspecified atom stereocenters. The quantitative estimate of drug-likeness (QED) is 0.788. The molecule has 0 aliphatic carbocycles. The molecule has 1 atom stereocenters. The number of halogens is 1. The molecule has 0 aromatic heterocycles. The largest absolute Gasteiger partial charge is 0.313 e. The Bertz CT molecular complexity index is 600. The van der Waals surface area contributed by atoms with Crippen molar-refractivity contribution < 1.29 is 13.2 Å². The second-order valence-electron chi connectivity index (χ2n) is 3.98. The number of amides is 1. The average molecular weight is 306 g/mol. The highest BCUT2D eigenvalue weighted by Crippen LogP contribution is 2.40. The van der Waals surface area contributed by atoms with Gasteiger partial charge in [0.25, 0.3) is 9.05 Å². The summed E-state index contributed by atoms with van der Waals surface area (Å²) in [5.74, 6) is -0.0147. The molecule has 4 nitrogen and oxygen atoms in total. The van der Waals surface area contributed by atoms with Gasteiger partial charge in [0, 0.05) is 22.6 Å². The molecule has 2 rings (SSSR count). The highest BCUT2D eigenvalue weighted by atomic mass is 35.7. The zero-order valence-corrected chi connectivity index (χ0v) is 12.3. The topological polar surface area (TPSA) is 54.5 Å². The molecule has 0 radical (unpaired) electrons. The van der Waals surface area contributed by atoms with Crippen molar-refractivity contribution >= 4 is 43.1 Å². The van der Waals surface area contributed by atoms with Gasteiger partial charge in [-0.25, -0.2) is 8.42 Å². The minimum absolute atomic E-state index is 0.0121. The summed E-state index contributed by atoms with van der Waals surface area (Å²) >= 11 is 1.46. The molecule has 18 heavy (non-hydrogen) atoms. The summed E-state index contributed by atoms with van der Waals surface area (Å²) in [5.41, 5.74) is 0.594. The van der Waals surface area contributed by atoms with Crippen LogP contribution in [-0.4, -0.2) is 26.6 Å². The lowest BCUT2D eigenvalue weighted by atomic mass is 10.2. The van der Waals surface area contributed by atoms with Crippen LogP contribution in [0.2, 0.25) is 0 Å². The lowest BCUT2D eigenvalue weighted by Gasteiger charge is -2.30. The van der Waals surface area contributed by atoms with Gasteiger partial charge in [-0.3, -0.25) is 4.79 Å². The van der Waals surface area contributed by atoms with Crippen LogP contribution in [0.5, 0.6) is 0 Å². The van der Waals surface area contributed by atoms with Crippen molar-refractivity contribution in [3.63, 3.8) is 0 Å². The highest BCUT2D eigenvalue weighted by Gasteiger charge is 2.30. The molecule has 0 saturated heterocycles. The Labute approximate surface area is 115 Å². The summed E-state index contributed by atoms with van der Waals surface area (Å²) in [5, 5.41) is -0.110. The third-order valence-corrected chi connectivity index (χ3v) is 5.59. The van der Waals surface area contributed by atoms with E-state index in [1.54, 1.807) is 13.1 Å². The van der Waals surface area contributed by atoms with Gasteiger partial charge in [0.2, 0.25) is 5.91 Å². The smallest absolute Gasteiger partial charge is 0.261 e. The van der Waals surface area contributed by atoms with E-state index in [4.69, 9.17) is 10.7 Å². The summed E-state index contributed by atoms with van der Waals surface area (Å²) < 4.78 is 22.6. The number of hydrogen-bond donors (Lipinski definition) is 0. The summed E-state index contributed by atoms with van der Waals surface area (Å²) in [6.07, 6.45) is 0.739. The van der Waals surface area contributed by atoms with Crippen LogP contribution < -0.4 is 4.90 Å². The van der Waals surface area contributed by atoms with E-state index in [9.17, 15) is 13.2 Å². The number of anilines is 1. The minimum Gasteiger partial charge on any atom is -0.313 e. The zero-order chi connectivity index (χ0) is 13.5. The van der Waals surface area contributed by atoms with Crippen LogP contribution in [-0.2, 0) is 13.8 Å². The summed E-state index contributed by atoms with van der Waals surface area (Å²) in [4.78, 5) is 14.4. The maximum atomic E-state index is 12.0. The standard InChI is InChI=1S/C11H12ClNO3S2/c1-3-9-11(14)13(2)8-6-7(18(12,15)16)4-5-10(8)17-9/h4-6,9H,3H2,1-2H3. The van der Waals surface area contributed by atoms with Crippen molar-refractivity contribution in [3.05, 3.63) is 18.2 Å². The first-order valence-corrected chi connectivity index (χ1v) is 8.56. The molecule has 1 heterocycles. The second kappa shape index (κ2) is 4.75. The van der Waals surface area contributed by atoms with E-state index in [-0.39, 0.29) is 16.1 Å². The van der Waals surface area contributed by atoms with Crippen LogP contribution in [0.3, 0.4) is 0 Å². The van der Waals surface area contributed by atoms with Gasteiger partial charge in [-0.15, -0.1) is 11.8 Å². The van der Waals surface area contributed by atoms with Crippen molar-refractivity contribution in [1.29, 1.82) is 0 Å². The van der Waals surface area contributed by atoms with Crippen molar-refractivity contribution in [2.75, 3.05) is 11.9 Å². The van der Waals surface area contributed by atoms with Crippen LogP contribution in [0, 0.1) is 0 Å². The number of rotatable bonds is 2. The molecule has 1 aromatic rings. The first-order valence-electron chi connectivity index (χ1n) is 5.37. The molecular weight excluding hydrogens is 294 g/mol. The molecule has 1 amide bonds. The molecule has 98 valence electrons. The van der Waals surface area contributed by atoms with Gasteiger partial charge < -0.3 is 4.90 Å². The number of fused-ring (bicyclic) bond motifs is 1. The van der Waals surface area contributed by atoms with E-state index in [1.165, 1.54) is 28.8 Å². The van der Waals surface area contributed by atoms with Crippen molar-refractivity contribution in [2.24, 2.45) is 0 Å². The number of benzene rings is 1. The van der Waals surface area contributed by atoms with Crippen LogP contribution >= 0.6 is 22.4 Å². The van der Waals surface area contributed by atoms with Crippen LogP contribution in [0.1, 0.15) is 13.3 Å². The predicted octanol–water partition coefficient (Wildman–Crippen LogP) is 2.46. The Hall–Kier alpha value is -0.720. The Morgan fingerprint density at radius 1 is 1.44 bits per heavy atom. The van der Waals surface area contributed by atoms with Gasteiger partial charge in [-0.05, 0) is 24.6 Å². The van der Waals surface area contributed by atoms with E-state index in [0.29, 0.717) is 5.69 Å². The normalized spacial score (nSPS) is 19.8. The SMILES string of the molecule is CCC1Sc2ccc(S(=O)(=O)Cl)cc2N(C)C1=O. The Kier molecular flexibility index (Phi) is 3.62. The van der Waals surface area contributed by atoms with Gasteiger partial charge in [-0.2, -0.15) is 0 Å². The minimum atomic E-state index is -3.77. The maximum Gasteiger partial charge on any atom is 0.261 e. The van der Waals surface area contributed by atoms with Crippen LogP contribution in [0.15, 0.2) is 28.0 Å². The molecule has 0 bridgehead atoms. The van der Waals surface area contributed by atoms with E-state index in [2.05, 4.69) is 0 Å². The summed E-state index contributed by atoms with van der Waals surface area (Å²) in [6.45, 7) is 1.95. The van der Waals surface area contributed by atoms with Crippen molar-refractivity contribution in [1.82, 2.24) is 0 Å². The molecular formula is C11H12ClNO3S2. The molecule has 1 aromatic carbocycles. The first kappa shape index (κ1) is 13.7. The lowest BCUT2D eigenvalue weighted by molar-refractivity contribution is -0.118. The number of hydrogen-bond acceptors (Lipinski definition) is 4. The highest BCUT2D eigenvalue weighted by molar-refractivity contribution is 8.13. The van der Waals surface area contributed by atoms with Crippen LogP contribution in [0.4, 0.5) is 5.69 Å². The van der Waals surface area contributed by atoms with Gasteiger partial charge >= 0.3 is 0 Å². The first-order chi connectivity index (χ1) is 8.34. The Morgan fingerprint density at radius 3 is 2.67 bits per heavy atom. The predicted molar refractivity (Wildman–Crippen MR) is 72.8 cm³/mol. The fourth-order valence-corrected chi connectivity index (χ4v) is 3.77. The number of nitrogens with zero attached hydrogens (tertiary/aromatic N) is 1. The fourth-order valence-electron chi connectivity index (χ4n) is 1.81. The molecule has 0 spiro atoms.